The molecule has 2 unspecified atom stereocenters. The Morgan fingerprint density at radius 1 is 1.53 bits per heavy atom. The van der Waals surface area contributed by atoms with Crippen molar-refractivity contribution in [2.24, 2.45) is 5.92 Å². The van der Waals surface area contributed by atoms with Crippen molar-refractivity contribution in [3.8, 4) is 6.07 Å². The second kappa shape index (κ2) is 5.67. The van der Waals surface area contributed by atoms with Crippen LogP contribution in [-0.4, -0.2) is 22.7 Å². The minimum Gasteiger partial charge on any atom is -0.396 e. The number of nitriles is 1. The molecule has 0 aromatic heterocycles. The van der Waals surface area contributed by atoms with E-state index in [0.717, 1.165) is 19.3 Å². The largest absolute Gasteiger partial charge is 0.396 e. The molecule has 1 aromatic carbocycles. The SMILES string of the molecule is N#Cc1ccc(NC2CCCC2CO)cc1[N+](=O)[O-]. The third-order valence-corrected chi connectivity index (χ3v) is 3.56. The molecule has 6 heteroatoms. The molecule has 2 rings (SSSR count). The summed E-state index contributed by atoms with van der Waals surface area (Å²) >= 11 is 0. The highest BCUT2D eigenvalue weighted by Gasteiger charge is 2.27. The molecule has 1 aliphatic rings. The van der Waals surface area contributed by atoms with Crippen molar-refractivity contribution < 1.29 is 10.0 Å². The number of anilines is 1. The minimum absolute atomic E-state index is 0.0562. The zero-order valence-electron chi connectivity index (χ0n) is 10.4. The molecule has 0 spiro atoms. The van der Waals surface area contributed by atoms with Gasteiger partial charge in [0, 0.05) is 30.3 Å². The number of nitro benzene ring substituents is 1. The minimum atomic E-state index is -0.554. The van der Waals surface area contributed by atoms with Crippen molar-refractivity contribution in [3.63, 3.8) is 0 Å². The predicted molar refractivity (Wildman–Crippen MR) is 69.6 cm³/mol. The number of nitrogens with one attached hydrogen (secondary N) is 1. The van der Waals surface area contributed by atoms with Crippen molar-refractivity contribution in [2.45, 2.75) is 25.3 Å². The van der Waals surface area contributed by atoms with Crippen LogP contribution in [-0.2, 0) is 0 Å². The summed E-state index contributed by atoms with van der Waals surface area (Å²) in [4.78, 5) is 10.3. The molecule has 6 nitrogen and oxygen atoms in total. The van der Waals surface area contributed by atoms with Gasteiger partial charge in [0.15, 0.2) is 0 Å². The van der Waals surface area contributed by atoms with Gasteiger partial charge in [-0.1, -0.05) is 6.42 Å². The van der Waals surface area contributed by atoms with Gasteiger partial charge in [0.05, 0.1) is 4.92 Å². The lowest BCUT2D eigenvalue weighted by Crippen LogP contribution is -2.26. The van der Waals surface area contributed by atoms with Crippen LogP contribution in [0.1, 0.15) is 24.8 Å². The highest BCUT2D eigenvalue weighted by molar-refractivity contribution is 5.59. The molecule has 1 fully saturated rings. The summed E-state index contributed by atoms with van der Waals surface area (Å²) in [6, 6.07) is 6.44. The summed E-state index contributed by atoms with van der Waals surface area (Å²) in [7, 11) is 0. The van der Waals surface area contributed by atoms with Gasteiger partial charge in [-0.25, -0.2) is 0 Å². The number of aliphatic hydroxyl groups is 1. The Labute approximate surface area is 110 Å². The lowest BCUT2D eigenvalue weighted by molar-refractivity contribution is -0.385. The van der Waals surface area contributed by atoms with Crippen LogP contribution in [0, 0.1) is 27.4 Å². The van der Waals surface area contributed by atoms with Gasteiger partial charge < -0.3 is 10.4 Å². The molecule has 0 heterocycles. The van der Waals surface area contributed by atoms with Crippen LogP contribution in [0.3, 0.4) is 0 Å². The molecule has 100 valence electrons. The van der Waals surface area contributed by atoms with Gasteiger partial charge >= 0.3 is 0 Å². The van der Waals surface area contributed by atoms with Crippen LogP contribution in [0.4, 0.5) is 11.4 Å². The summed E-state index contributed by atoms with van der Waals surface area (Å²) in [5.74, 6) is 0.190. The topological polar surface area (TPSA) is 99.2 Å². The maximum atomic E-state index is 10.9. The van der Waals surface area contributed by atoms with E-state index in [2.05, 4.69) is 5.32 Å². The Bertz CT molecular complexity index is 524. The average Bonchev–Trinajstić information content (AvgIpc) is 2.85. The van der Waals surface area contributed by atoms with E-state index in [-0.39, 0.29) is 29.8 Å². The molecule has 1 aliphatic carbocycles. The molecule has 0 bridgehead atoms. The zero-order valence-corrected chi connectivity index (χ0v) is 10.4. The molecule has 2 atom stereocenters. The molecule has 19 heavy (non-hydrogen) atoms. The smallest absolute Gasteiger partial charge is 0.289 e. The Hall–Kier alpha value is -2.13. The first-order chi connectivity index (χ1) is 9.15. The van der Waals surface area contributed by atoms with Crippen molar-refractivity contribution in [1.82, 2.24) is 0 Å². The van der Waals surface area contributed by atoms with E-state index >= 15 is 0 Å². The van der Waals surface area contributed by atoms with Crippen LogP contribution >= 0.6 is 0 Å². The van der Waals surface area contributed by atoms with E-state index in [0.29, 0.717) is 5.69 Å². The molecular formula is C13H15N3O3. The van der Waals surface area contributed by atoms with Gasteiger partial charge in [-0.15, -0.1) is 0 Å². The normalized spacial score (nSPS) is 21.9. The number of hydrogen-bond donors (Lipinski definition) is 2. The Morgan fingerprint density at radius 2 is 2.32 bits per heavy atom. The molecule has 1 aromatic rings. The molecule has 1 saturated carbocycles. The maximum Gasteiger partial charge on any atom is 0.289 e. The van der Waals surface area contributed by atoms with Crippen LogP contribution in [0.15, 0.2) is 18.2 Å². The fourth-order valence-corrected chi connectivity index (χ4v) is 2.53. The van der Waals surface area contributed by atoms with Gasteiger partial charge in [-0.3, -0.25) is 10.1 Å². The molecule has 0 aliphatic heterocycles. The quantitative estimate of drug-likeness (QED) is 0.638. The van der Waals surface area contributed by atoms with Crippen molar-refractivity contribution in [3.05, 3.63) is 33.9 Å². The van der Waals surface area contributed by atoms with E-state index in [1.807, 2.05) is 6.07 Å². The number of aliphatic hydroxyl groups excluding tert-OH is 1. The second-order valence-electron chi connectivity index (χ2n) is 4.73. The standard InChI is InChI=1S/C13H15N3O3/c14-7-9-4-5-11(6-13(9)16(18)19)15-12-3-1-2-10(12)8-17/h4-6,10,12,15,17H,1-3,8H2. The fraction of sp³-hybridized carbons (Fsp3) is 0.462. The van der Waals surface area contributed by atoms with Crippen LogP contribution < -0.4 is 5.32 Å². The monoisotopic (exact) mass is 261 g/mol. The molecular weight excluding hydrogens is 246 g/mol. The van der Waals surface area contributed by atoms with Gasteiger partial charge in [0.1, 0.15) is 11.6 Å². The molecule has 0 amide bonds. The second-order valence-corrected chi connectivity index (χ2v) is 4.73. The summed E-state index contributed by atoms with van der Waals surface area (Å²) in [6.45, 7) is 0.121. The fourth-order valence-electron chi connectivity index (χ4n) is 2.53. The van der Waals surface area contributed by atoms with E-state index in [1.165, 1.54) is 12.1 Å². The van der Waals surface area contributed by atoms with Gasteiger partial charge in [0.25, 0.3) is 5.69 Å². The van der Waals surface area contributed by atoms with Crippen molar-refractivity contribution >= 4 is 11.4 Å². The third-order valence-electron chi connectivity index (χ3n) is 3.56. The van der Waals surface area contributed by atoms with Gasteiger partial charge in [-0.2, -0.15) is 5.26 Å². The molecule has 0 radical (unpaired) electrons. The Kier molecular flexibility index (Phi) is 3.97. The number of nitro groups is 1. The summed E-state index contributed by atoms with van der Waals surface area (Å²) in [5.41, 5.74) is 0.489. The van der Waals surface area contributed by atoms with E-state index < -0.39 is 4.92 Å². The van der Waals surface area contributed by atoms with Gasteiger partial charge in [0.2, 0.25) is 0 Å². The predicted octanol–water partition coefficient (Wildman–Crippen LogP) is 2.04. The number of nitrogens with zero attached hydrogens (tertiary/aromatic N) is 2. The first-order valence-corrected chi connectivity index (χ1v) is 6.21. The average molecular weight is 261 g/mol. The number of benzene rings is 1. The summed E-state index contributed by atoms with van der Waals surface area (Å²) < 4.78 is 0. The molecule has 0 saturated heterocycles. The lowest BCUT2D eigenvalue weighted by Gasteiger charge is -2.20. The van der Waals surface area contributed by atoms with Crippen molar-refractivity contribution in [1.29, 1.82) is 5.26 Å². The van der Waals surface area contributed by atoms with Crippen LogP contribution in [0.5, 0.6) is 0 Å². The van der Waals surface area contributed by atoms with E-state index in [4.69, 9.17) is 5.26 Å². The number of hydrogen-bond acceptors (Lipinski definition) is 5. The van der Waals surface area contributed by atoms with Crippen LogP contribution in [0.25, 0.3) is 0 Å². The summed E-state index contributed by atoms with van der Waals surface area (Å²) in [6.07, 6.45) is 2.95. The zero-order chi connectivity index (χ0) is 13.8. The highest BCUT2D eigenvalue weighted by atomic mass is 16.6. The van der Waals surface area contributed by atoms with Crippen molar-refractivity contribution in [2.75, 3.05) is 11.9 Å². The van der Waals surface area contributed by atoms with Crippen LogP contribution in [0.2, 0.25) is 0 Å². The van der Waals surface area contributed by atoms with E-state index in [1.54, 1.807) is 6.07 Å². The Balaban J connectivity index is 2.20. The highest BCUT2D eigenvalue weighted by Crippen LogP contribution is 2.30. The number of rotatable bonds is 4. The van der Waals surface area contributed by atoms with Gasteiger partial charge in [-0.05, 0) is 25.0 Å². The molecule has 2 N–H and O–H groups in total. The third kappa shape index (κ3) is 2.83. The van der Waals surface area contributed by atoms with E-state index in [9.17, 15) is 15.2 Å². The summed E-state index contributed by atoms with van der Waals surface area (Å²) in [5, 5.41) is 32.2. The first kappa shape index (κ1) is 13.3. The Morgan fingerprint density at radius 3 is 2.95 bits per heavy atom. The maximum absolute atomic E-state index is 10.9. The first-order valence-electron chi connectivity index (χ1n) is 6.21. The lowest BCUT2D eigenvalue weighted by atomic mass is 10.0.